The zero-order valence-electron chi connectivity index (χ0n) is 29.2. The molecule has 0 atom stereocenters. The van der Waals surface area contributed by atoms with Crippen LogP contribution < -0.4 is 9.80 Å². The highest BCUT2D eigenvalue weighted by Crippen LogP contribution is 2.49. The minimum absolute atomic E-state index is 1.14. The summed E-state index contributed by atoms with van der Waals surface area (Å²) in [4.78, 5) is 4.88. The van der Waals surface area contributed by atoms with E-state index in [9.17, 15) is 0 Å². The molecule has 0 aliphatic carbocycles. The molecule has 0 saturated carbocycles. The average Bonchev–Trinajstić information content (AvgIpc) is 3.17. The highest BCUT2D eigenvalue weighted by molar-refractivity contribution is 6.29. The van der Waals surface area contributed by atoms with E-state index in [-0.39, 0.29) is 0 Å². The van der Waals surface area contributed by atoms with Crippen molar-refractivity contribution in [3.05, 3.63) is 193 Å². The molecule has 246 valence electrons. The zero-order chi connectivity index (χ0) is 34.8. The summed E-state index contributed by atoms with van der Waals surface area (Å²) in [5.41, 5.74) is 9.38. The standard InChI is InChI=1S/C50H36N2/c1-33-11-7-19-41(27-33)51(43-25-23-35-13-3-5-15-37(35)29-43)47-31-39-17-10-22-46-48(32-40-18-9-21-45(47)49(40)50(39)46)52(42-20-8-12-34(2)28-42)44-26-24-36-14-4-6-16-38(36)30-44/h3-32H,1-2H3. The molecule has 0 heterocycles. The van der Waals surface area contributed by atoms with Crippen molar-refractivity contribution >= 4 is 88.0 Å². The van der Waals surface area contributed by atoms with Gasteiger partial charge in [-0.05, 0) is 129 Å². The Morgan fingerprint density at radius 1 is 0.288 bits per heavy atom. The molecular formula is C50H36N2. The Bertz CT molecular complexity index is 2750. The number of nitrogens with zero attached hydrogens (tertiary/aromatic N) is 2. The topological polar surface area (TPSA) is 6.48 Å². The lowest BCUT2D eigenvalue weighted by Gasteiger charge is -2.31. The molecule has 52 heavy (non-hydrogen) atoms. The van der Waals surface area contributed by atoms with Crippen LogP contribution in [0.3, 0.4) is 0 Å². The fraction of sp³-hybridized carbons (Fsp3) is 0.0400. The molecule has 0 radical (unpaired) electrons. The van der Waals surface area contributed by atoms with Gasteiger partial charge in [0, 0.05) is 33.5 Å². The maximum absolute atomic E-state index is 2.44. The SMILES string of the molecule is Cc1cccc(N(c2ccc3ccccc3c2)c2cc3cccc4c(N(c5cccc(C)c5)c5ccc6ccccc6c5)cc5cccc2c5c34)c1. The van der Waals surface area contributed by atoms with E-state index in [1.165, 1.54) is 76.4 Å². The molecule has 0 N–H and O–H groups in total. The van der Waals surface area contributed by atoms with Crippen LogP contribution in [0.1, 0.15) is 11.1 Å². The molecule has 0 fully saturated rings. The van der Waals surface area contributed by atoms with Crippen molar-refractivity contribution in [2.45, 2.75) is 13.8 Å². The Kier molecular flexibility index (Phi) is 6.97. The van der Waals surface area contributed by atoms with Crippen molar-refractivity contribution in [2.24, 2.45) is 0 Å². The summed E-state index contributed by atoms with van der Waals surface area (Å²) in [6.45, 7) is 4.34. The summed E-state index contributed by atoms with van der Waals surface area (Å²) in [6, 6.07) is 67.0. The zero-order valence-corrected chi connectivity index (χ0v) is 29.2. The van der Waals surface area contributed by atoms with E-state index in [1.807, 2.05) is 0 Å². The molecule has 0 aliphatic rings. The summed E-state index contributed by atoms with van der Waals surface area (Å²) in [6.07, 6.45) is 0. The van der Waals surface area contributed by atoms with E-state index in [4.69, 9.17) is 0 Å². The van der Waals surface area contributed by atoms with Crippen LogP contribution in [0.15, 0.2) is 182 Å². The summed E-state index contributed by atoms with van der Waals surface area (Å²) < 4.78 is 0. The summed E-state index contributed by atoms with van der Waals surface area (Å²) in [5, 5.41) is 12.4. The Morgan fingerprint density at radius 3 is 1.12 bits per heavy atom. The number of benzene rings is 10. The fourth-order valence-corrected chi connectivity index (χ4v) is 8.21. The van der Waals surface area contributed by atoms with Crippen LogP contribution in [0.5, 0.6) is 0 Å². The Labute approximate surface area is 303 Å². The first-order valence-corrected chi connectivity index (χ1v) is 18.0. The van der Waals surface area contributed by atoms with Gasteiger partial charge in [-0.3, -0.25) is 0 Å². The molecule has 10 rings (SSSR count). The van der Waals surface area contributed by atoms with Crippen LogP contribution in [-0.2, 0) is 0 Å². The smallest absolute Gasteiger partial charge is 0.0546 e. The van der Waals surface area contributed by atoms with Gasteiger partial charge in [0.15, 0.2) is 0 Å². The molecule has 0 saturated heterocycles. The van der Waals surface area contributed by atoms with Gasteiger partial charge in [0.2, 0.25) is 0 Å². The van der Waals surface area contributed by atoms with Crippen molar-refractivity contribution in [1.29, 1.82) is 0 Å². The number of hydrogen-bond donors (Lipinski definition) is 0. The molecule has 0 amide bonds. The van der Waals surface area contributed by atoms with Gasteiger partial charge in [0.05, 0.1) is 11.4 Å². The second-order valence-corrected chi connectivity index (χ2v) is 14.0. The van der Waals surface area contributed by atoms with Crippen LogP contribution in [0, 0.1) is 13.8 Å². The van der Waals surface area contributed by atoms with Gasteiger partial charge in [0.25, 0.3) is 0 Å². The van der Waals surface area contributed by atoms with E-state index >= 15 is 0 Å². The molecule has 2 nitrogen and oxygen atoms in total. The molecule has 2 heteroatoms. The molecule has 0 unspecified atom stereocenters. The quantitative estimate of drug-likeness (QED) is 0.163. The van der Waals surface area contributed by atoms with Gasteiger partial charge in [-0.2, -0.15) is 0 Å². The van der Waals surface area contributed by atoms with Crippen molar-refractivity contribution in [2.75, 3.05) is 9.80 Å². The third kappa shape index (κ3) is 4.95. The van der Waals surface area contributed by atoms with Gasteiger partial charge in [-0.15, -0.1) is 0 Å². The average molecular weight is 665 g/mol. The third-order valence-corrected chi connectivity index (χ3v) is 10.6. The number of aryl methyl sites for hydroxylation is 2. The van der Waals surface area contributed by atoms with Gasteiger partial charge in [-0.1, -0.05) is 121 Å². The largest absolute Gasteiger partial charge is 0.310 e. The van der Waals surface area contributed by atoms with Crippen LogP contribution in [0.25, 0.3) is 53.9 Å². The fourth-order valence-electron chi connectivity index (χ4n) is 8.21. The molecule has 0 aliphatic heterocycles. The Hall–Kier alpha value is -6.64. The van der Waals surface area contributed by atoms with Crippen molar-refractivity contribution in [3.63, 3.8) is 0 Å². The van der Waals surface area contributed by atoms with E-state index in [1.54, 1.807) is 0 Å². The number of anilines is 6. The van der Waals surface area contributed by atoms with E-state index in [2.05, 4.69) is 206 Å². The molecular weight excluding hydrogens is 629 g/mol. The Morgan fingerprint density at radius 2 is 0.673 bits per heavy atom. The number of rotatable bonds is 6. The highest BCUT2D eigenvalue weighted by atomic mass is 15.2. The number of hydrogen-bond acceptors (Lipinski definition) is 2. The summed E-state index contributed by atoms with van der Waals surface area (Å²) >= 11 is 0. The molecule has 0 spiro atoms. The molecule has 10 aromatic rings. The summed E-state index contributed by atoms with van der Waals surface area (Å²) in [5.74, 6) is 0. The maximum Gasteiger partial charge on any atom is 0.0546 e. The third-order valence-electron chi connectivity index (χ3n) is 10.6. The van der Waals surface area contributed by atoms with Crippen molar-refractivity contribution in [3.8, 4) is 0 Å². The maximum atomic E-state index is 2.44. The number of fused-ring (bicyclic) bond motifs is 2. The van der Waals surface area contributed by atoms with Gasteiger partial charge in [0.1, 0.15) is 0 Å². The van der Waals surface area contributed by atoms with E-state index in [0.29, 0.717) is 0 Å². The lowest BCUT2D eigenvalue weighted by atomic mass is 9.91. The predicted octanol–water partition coefficient (Wildman–Crippen LogP) is 14.4. The second-order valence-electron chi connectivity index (χ2n) is 14.0. The van der Waals surface area contributed by atoms with Gasteiger partial charge in [-0.25, -0.2) is 0 Å². The highest BCUT2D eigenvalue weighted by Gasteiger charge is 2.23. The van der Waals surface area contributed by atoms with Crippen molar-refractivity contribution in [1.82, 2.24) is 0 Å². The minimum atomic E-state index is 1.14. The predicted molar refractivity (Wildman–Crippen MR) is 224 cm³/mol. The van der Waals surface area contributed by atoms with Crippen LogP contribution in [0.4, 0.5) is 34.1 Å². The lowest BCUT2D eigenvalue weighted by molar-refractivity contribution is 1.29. The minimum Gasteiger partial charge on any atom is -0.310 e. The van der Waals surface area contributed by atoms with E-state index < -0.39 is 0 Å². The first-order chi connectivity index (χ1) is 25.6. The van der Waals surface area contributed by atoms with Gasteiger partial charge >= 0.3 is 0 Å². The molecule has 0 bridgehead atoms. The Balaban J connectivity index is 1.26. The second kappa shape index (κ2) is 12.0. The summed E-state index contributed by atoms with van der Waals surface area (Å²) in [7, 11) is 0. The lowest BCUT2D eigenvalue weighted by Crippen LogP contribution is -2.12. The first-order valence-electron chi connectivity index (χ1n) is 18.0. The van der Waals surface area contributed by atoms with Gasteiger partial charge < -0.3 is 9.80 Å². The molecule has 0 aromatic heterocycles. The van der Waals surface area contributed by atoms with Crippen LogP contribution >= 0.6 is 0 Å². The van der Waals surface area contributed by atoms with E-state index in [0.717, 1.165) is 22.7 Å². The normalized spacial score (nSPS) is 11.7. The van der Waals surface area contributed by atoms with Crippen LogP contribution in [-0.4, -0.2) is 0 Å². The van der Waals surface area contributed by atoms with Crippen LogP contribution in [0.2, 0.25) is 0 Å². The molecule has 10 aromatic carbocycles. The monoisotopic (exact) mass is 664 g/mol. The first kappa shape index (κ1) is 30.2. The van der Waals surface area contributed by atoms with Crippen molar-refractivity contribution < 1.29 is 0 Å².